The number of nitrogens with one attached hydrogen (secondary N) is 1. The van der Waals surface area contributed by atoms with Gasteiger partial charge in [0.1, 0.15) is 10.8 Å². The number of nitrogens with two attached hydrogens (primary N) is 1. The first-order valence-corrected chi connectivity index (χ1v) is 6.77. The summed E-state index contributed by atoms with van der Waals surface area (Å²) in [5.41, 5.74) is 5.84. The van der Waals surface area contributed by atoms with Gasteiger partial charge in [0.15, 0.2) is 0 Å². The number of hydrogen-bond acceptors (Lipinski definition) is 3. The SMILES string of the molecule is NC(=S)c1c(F)cccc1NC(=O)Cc1cccs1. The molecular formula is C13H11FN2OS2. The second-order valence-electron chi connectivity index (χ2n) is 3.83. The van der Waals surface area contributed by atoms with E-state index in [9.17, 15) is 9.18 Å². The van der Waals surface area contributed by atoms with Crippen LogP contribution in [0.1, 0.15) is 10.4 Å². The lowest BCUT2D eigenvalue weighted by molar-refractivity contribution is -0.115. The van der Waals surface area contributed by atoms with Gasteiger partial charge in [-0.3, -0.25) is 4.79 Å². The Kier molecular flexibility index (Phi) is 4.24. The van der Waals surface area contributed by atoms with Crippen molar-refractivity contribution in [3.05, 3.63) is 52.0 Å². The van der Waals surface area contributed by atoms with Gasteiger partial charge in [0.25, 0.3) is 0 Å². The maximum absolute atomic E-state index is 13.6. The maximum Gasteiger partial charge on any atom is 0.229 e. The van der Waals surface area contributed by atoms with Crippen molar-refractivity contribution in [3.63, 3.8) is 0 Å². The van der Waals surface area contributed by atoms with Gasteiger partial charge >= 0.3 is 0 Å². The summed E-state index contributed by atoms with van der Waals surface area (Å²) in [6.07, 6.45) is 0.241. The standard InChI is InChI=1S/C13H11FN2OS2/c14-9-4-1-5-10(12(9)13(15)18)16-11(17)7-8-3-2-6-19-8/h1-6H,7H2,(H2,15,18)(H,16,17). The molecular weight excluding hydrogens is 283 g/mol. The second kappa shape index (κ2) is 5.90. The van der Waals surface area contributed by atoms with Gasteiger partial charge in [0.2, 0.25) is 5.91 Å². The van der Waals surface area contributed by atoms with Crippen molar-refractivity contribution in [2.45, 2.75) is 6.42 Å². The minimum Gasteiger partial charge on any atom is -0.389 e. The van der Waals surface area contributed by atoms with Gasteiger partial charge in [0, 0.05) is 4.88 Å². The number of benzene rings is 1. The Morgan fingerprint density at radius 2 is 2.16 bits per heavy atom. The van der Waals surface area contributed by atoms with E-state index >= 15 is 0 Å². The molecule has 0 bridgehead atoms. The fourth-order valence-electron chi connectivity index (χ4n) is 1.64. The van der Waals surface area contributed by atoms with Gasteiger partial charge in [-0.1, -0.05) is 24.4 Å². The number of hydrogen-bond donors (Lipinski definition) is 2. The van der Waals surface area contributed by atoms with Gasteiger partial charge in [-0.05, 0) is 23.6 Å². The third-order valence-electron chi connectivity index (χ3n) is 2.45. The monoisotopic (exact) mass is 294 g/mol. The molecule has 0 saturated heterocycles. The van der Waals surface area contributed by atoms with Crippen molar-refractivity contribution in [2.75, 3.05) is 5.32 Å². The Morgan fingerprint density at radius 1 is 1.37 bits per heavy atom. The van der Waals surface area contributed by atoms with Crippen LogP contribution in [0.3, 0.4) is 0 Å². The van der Waals surface area contributed by atoms with Gasteiger partial charge in [0.05, 0.1) is 17.7 Å². The van der Waals surface area contributed by atoms with E-state index in [1.807, 2.05) is 17.5 Å². The smallest absolute Gasteiger partial charge is 0.229 e. The number of carbonyl (C=O) groups is 1. The van der Waals surface area contributed by atoms with Crippen LogP contribution in [0.4, 0.5) is 10.1 Å². The molecule has 0 spiro atoms. The van der Waals surface area contributed by atoms with E-state index in [1.54, 1.807) is 6.07 Å². The molecule has 1 aromatic heterocycles. The fourth-order valence-corrected chi connectivity index (χ4v) is 2.56. The molecule has 0 radical (unpaired) electrons. The highest BCUT2D eigenvalue weighted by Gasteiger charge is 2.13. The number of thiophene rings is 1. The Morgan fingerprint density at radius 3 is 2.79 bits per heavy atom. The predicted octanol–water partition coefficient (Wildman–Crippen LogP) is 2.70. The lowest BCUT2D eigenvalue weighted by atomic mass is 10.1. The van der Waals surface area contributed by atoms with Crippen LogP contribution in [-0.4, -0.2) is 10.9 Å². The third kappa shape index (κ3) is 3.36. The van der Waals surface area contributed by atoms with Crippen molar-refractivity contribution in [1.29, 1.82) is 0 Å². The summed E-state index contributed by atoms with van der Waals surface area (Å²) in [7, 11) is 0. The van der Waals surface area contributed by atoms with Crippen LogP contribution in [-0.2, 0) is 11.2 Å². The van der Waals surface area contributed by atoms with Gasteiger partial charge < -0.3 is 11.1 Å². The molecule has 1 amide bonds. The highest BCUT2D eigenvalue weighted by molar-refractivity contribution is 7.80. The number of anilines is 1. The largest absolute Gasteiger partial charge is 0.389 e. The van der Waals surface area contributed by atoms with Crippen LogP contribution in [0, 0.1) is 5.82 Å². The molecule has 1 aromatic carbocycles. The van der Waals surface area contributed by atoms with Crippen molar-refractivity contribution in [1.82, 2.24) is 0 Å². The molecule has 0 fully saturated rings. The number of carbonyl (C=O) groups excluding carboxylic acids is 1. The third-order valence-corrected chi connectivity index (χ3v) is 3.53. The Labute approximate surface area is 119 Å². The van der Waals surface area contributed by atoms with E-state index in [0.717, 1.165) is 4.88 Å². The first-order chi connectivity index (χ1) is 9.08. The summed E-state index contributed by atoms with van der Waals surface area (Å²) in [5, 5.41) is 4.53. The molecule has 3 nitrogen and oxygen atoms in total. The molecule has 0 unspecified atom stereocenters. The van der Waals surface area contributed by atoms with Crippen LogP contribution in [0.15, 0.2) is 35.7 Å². The second-order valence-corrected chi connectivity index (χ2v) is 5.30. The summed E-state index contributed by atoms with van der Waals surface area (Å²) in [6, 6.07) is 8.06. The summed E-state index contributed by atoms with van der Waals surface area (Å²) < 4.78 is 13.6. The molecule has 98 valence electrons. The van der Waals surface area contributed by atoms with Crippen LogP contribution >= 0.6 is 23.6 Å². The van der Waals surface area contributed by atoms with Crippen molar-refractivity contribution in [3.8, 4) is 0 Å². The van der Waals surface area contributed by atoms with Gasteiger partial charge in [-0.25, -0.2) is 4.39 Å². The Hall–Kier alpha value is -1.79. The molecule has 19 heavy (non-hydrogen) atoms. The fraction of sp³-hybridized carbons (Fsp3) is 0.0769. The zero-order valence-electron chi connectivity index (χ0n) is 9.85. The van der Waals surface area contributed by atoms with Gasteiger partial charge in [-0.15, -0.1) is 11.3 Å². The van der Waals surface area contributed by atoms with Crippen molar-refractivity contribution in [2.24, 2.45) is 5.73 Å². The molecule has 0 aliphatic carbocycles. The highest BCUT2D eigenvalue weighted by Crippen LogP contribution is 2.19. The Bertz CT molecular complexity index is 611. The van der Waals surface area contributed by atoms with Crippen LogP contribution in [0.2, 0.25) is 0 Å². The van der Waals surface area contributed by atoms with E-state index in [4.69, 9.17) is 18.0 Å². The first-order valence-electron chi connectivity index (χ1n) is 5.48. The average molecular weight is 294 g/mol. The van der Waals surface area contributed by atoms with Crippen LogP contribution in [0.25, 0.3) is 0 Å². The topological polar surface area (TPSA) is 55.1 Å². The maximum atomic E-state index is 13.6. The zero-order valence-corrected chi connectivity index (χ0v) is 11.5. The minimum atomic E-state index is -0.540. The van der Waals surface area contributed by atoms with Crippen LogP contribution < -0.4 is 11.1 Å². The average Bonchev–Trinajstić information content (AvgIpc) is 2.81. The van der Waals surface area contributed by atoms with E-state index < -0.39 is 5.82 Å². The molecule has 0 saturated carbocycles. The zero-order chi connectivity index (χ0) is 13.8. The molecule has 0 aliphatic heterocycles. The van der Waals surface area contributed by atoms with Crippen molar-refractivity contribution < 1.29 is 9.18 Å². The van der Waals surface area contributed by atoms with E-state index in [2.05, 4.69) is 5.32 Å². The van der Waals surface area contributed by atoms with E-state index in [0.29, 0.717) is 5.69 Å². The number of amides is 1. The molecule has 3 N–H and O–H groups in total. The molecule has 2 aromatic rings. The lowest BCUT2D eigenvalue weighted by Crippen LogP contribution is -2.19. The minimum absolute atomic E-state index is 0.0667. The number of rotatable bonds is 4. The van der Waals surface area contributed by atoms with Gasteiger partial charge in [-0.2, -0.15) is 0 Å². The number of halogens is 1. The molecule has 0 atom stereocenters. The molecule has 2 rings (SSSR count). The first kappa shape index (κ1) is 13.6. The number of thiocarbonyl (C=S) groups is 1. The normalized spacial score (nSPS) is 10.2. The summed E-state index contributed by atoms with van der Waals surface area (Å²) in [5.74, 6) is -0.771. The highest BCUT2D eigenvalue weighted by atomic mass is 32.1. The molecule has 6 heteroatoms. The lowest BCUT2D eigenvalue weighted by Gasteiger charge is -2.10. The van der Waals surface area contributed by atoms with Crippen LogP contribution in [0.5, 0.6) is 0 Å². The Balaban J connectivity index is 2.17. The summed E-state index contributed by atoms with van der Waals surface area (Å²) in [4.78, 5) is 12.7. The summed E-state index contributed by atoms with van der Waals surface area (Å²) >= 11 is 6.28. The molecule has 1 heterocycles. The predicted molar refractivity (Wildman–Crippen MR) is 78.9 cm³/mol. The van der Waals surface area contributed by atoms with Crippen molar-refractivity contribution >= 4 is 40.1 Å². The van der Waals surface area contributed by atoms with E-state index in [-0.39, 0.29) is 22.9 Å². The summed E-state index contributed by atoms with van der Waals surface area (Å²) in [6.45, 7) is 0. The van der Waals surface area contributed by atoms with E-state index in [1.165, 1.54) is 23.5 Å². The quantitative estimate of drug-likeness (QED) is 0.853. The molecule has 0 aliphatic rings.